The van der Waals surface area contributed by atoms with E-state index in [1.807, 2.05) is 49.1 Å². The van der Waals surface area contributed by atoms with Gasteiger partial charge in [0.05, 0.1) is 30.7 Å². The minimum Gasteiger partial charge on any atom is -0.396 e. The van der Waals surface area contributed by atoms with E-state index in [0.717, 1.165) is 38.3 Å². The average molecular weight is 332 g/mol. The molecule has 0 radical (unpaired) electrons. The Kier molecular flexibility index (Phi) is 4.95. The fraction of sp³-hybridized carbons (Fsp3) is 0.632. The molecule has 5 heteroatoms. The van der Waals surface area contributed by atoms with E-state index in [2.05, 4.69) is 4.90 Å². The van der Waals surface area contributed by atoms with Crippen LogP contribution in [0.3, 0.4) is 0 Å². The van der Waals surface area contributed by atoms with Crippen LogP contribution in [-0.2, 0) is 14.9 Å². The predicted octanol–water partition coefficient (Wildman–Crippen LogP) is 1.12. The number of rotatable bonds is 5. The molecular formula is C19H28N2O3. The van der Waals surface area contributed by atoms with E-state index in [9.17, 15) is 9.90 Å². The number of amides is 1. The van der Waals surface area contributed by atoms with Crippen LogP contribution in [0.25, 0.3) is 0 Å². The van der Waals surface area contributed by atoms with Gasteiger partial charge in [-0.25, -0.2) is 0 Å². The van der Waals surface area contributed by atoms with Gasteiger partial charge in [-0.2, -0.15) is 0 Å². The maximum absolute atomic E-state index is 13.0. The van der Waals surface area contributed by atoms with Gasteiger partial charge in [0.15, 0.2) is 0 Å². The summed E-state index contributed by atoms with van der Waals surface area (Å²) in [7, 11) is 0. The standard InChI is InChI=1S/C19H28N2O3/c1-18(2,16-6-4-3-5-7-16)17(23)21-10-8-20(9-11-21)12-19(13-22)14-24-15-19/h3-7,22H,8-15H2,1-2H3. The van der Waals surface area contributed by atoms with E-state index in [-0.39, 0.29) is 17.9 Å². The number of carbonyl (C=O) groups is 1. The van der Waals surface area contributed by atoms with Gasteiger partial charge in [0.1, 0.15) is 0 Å². The zero-order valence-electron chi connectivity index (χ0n) is 14.7. The van der Waals surface area contributed by atoms with Crippen molar-refractivity contribution in [2.75, 3.05) is 52.5 Å². The largest absolute Gasteiger partial charge is 0.396 e. The van der Waals surface area contributed by atoms with E-state index >= 15 is 0 Å². The van der Waals surface area contributed by atoms with Gasteiger partial charge in [-0.15, -0.1) is 0 Å². The third-order valence-corrected chi connectivity index (χ3v) is 5.40. The van der Waals surface area contributed by atoms with Crippen LogP contribution in [0.4, 0.5) is 0 Å². The topological polar surface area (TPSA) is 53.0 Å². The van der Waals surface area contributed by atoms with E-state index in [0.29, 0.717) is 13.2 Å². The molecule has 0 saturated carbocycles. The molecule has 24 heavy (non-hydrogen) atoms. The second-order valence-corrected chi connectivity index (χ2v) is 7.71. The monoisotopic (exact) mass is 332 g/mol. The highest BCUT2D eigenvalue weighted by atomic mass is 16.5. The zero-order chi connectivity index (χ0) is 17.2. The number of aliphatic hydroxyl groups excluding tert-OH is 1. The molecule has 1 aromatic carbocycles. The maximum atomic E-state index is 13.0. The molecule has 0 bridgehead atoms. The number of benzene rings is 1. The lowest BCUT2D eigenvalue weighted by molar-refractivity contribution is -0.153. The summed E-state index contributed by atoms with van der Waals surface area (Å²) in [5, 5.41) is 9.57. The van der Waals surface area contributed by atoms with Crippen molar-refractivity contribution in [1.82, 2.24) is 9.80 Å². The Morgan fingerprint density at radius 3 is 2.29 bits per heavy atom. The molecule has 0 aromatic heterocycles. The summed E-state index contributed by atoms with van der Waals surface area (Å²) in [6.45, 7) is 9.53. The molecule has 5 nitrogen and oxygen atoms in total. The number of hydrogen-bond donors (Lipinski definition) is 1. The number of hydrogen-bond acceptors (Lipinski definition) is 4. The second-order valence-electron chi connectivity index (χ2n) is 7.71. The van der Waals surface area contributed by atoms with Crippen LogP contribution in [0.5, 0.6) is 0 Å². The first-order valence-corrected chi connectivity index (χ1v) is 8.73. The van der Waals surface area contributed by atoms with E-state index < -0.39 is 5.41 Å². The molecule has 0 aliphatic carbocycles. The summed E-state index contributed by atoms with van der Waals surface area (Å²) in [6, 6.07) is 9.99. The number of carbonyl (C=O) groups excluding carboxylic acids is 1. The zero-order valence-corrected chi connectivity index (χ0v) is 14.7. The molecule has 132 valence electrons. The number of ether oxygens (including phenoxy) is 1. The number of piperazine rings is 1. The van der Waals surface area contributed by atoms with Crippen LogP contribution in [0.15, 0.2) is 30.3 Å². The quantitative estimate of drug-likeness (QED) is 0.878. The van der Waals surface area contributed by atoms with Crippen LogP contribution in [0.2, 0.25) is 0 Å². The summed E-state index contributed by atoms with van der Waals surface area (Å²) in [6.07, 6.45) is 0. The van der Waals surface area contributed by atoms with E-state index in [1.165, 1.54) is 0 Å². The van der Waals surface area contributed by atoms with Crippen molar-refractivity contribution >= 4 is 5.91 Å². The summed E-state index contributed by atoms with van der Waals surface area (Å²) >= 11 is 0. The molecule has 2 aliphatic rings. The van der Waals surface area contributed by atoms with Crippen LogP contribution in [0.1, 0.15) is 19.4 Å². The Hall–Kier alpha value is -1.43. The lowest BCUT2D eigenvalue weighted by Gasteiger charge is -2.46. The molecule has 2 aliphatic heterocycles. The molecule has 2 fully saturated rings. The van der Waals surface area contributed by atoms with Crippen molar-refractivity contribution in [3.05, 3.63) is 35.9 Å². The molecule has 2 heterocycles. The lowest BCUT2D eigenvalue weighted by atomic mass is 9.83. The Morgan fingerprint density at radius 1 is 1.17 bits per heavy atom. The molecule has 1 aromatic rings. The predicted molar refractivity (Wildman–Crippen MR) is 92.8 cm³/mol. The highest BCUT2D eigenvalue weighted by Crippen LogP contribution is 2.29. The van der Waals surface area contributed by atoms with Crippen molar-refractivity contribution in [1.29, 1.82) is 0 Å². The molecule has 0 atom stereocenters. The first kappa shape index (κ1) is 17.4. The summed E-state index contributed by atoms with van der Waals surface area (Å²) in [5.74, 6) is 0.192. The number of aliphatic hydroxyl groups is 1. The van der Waals surface area contributed by atoms with Crippen molar-refractivity contribution in [2.45, 2.75) is 19.3 Å². The number of nitrogens with zero attached hydrogens (tertiary/aromatic N) is 2. The molecule has 0 unspecified atom stereocenters. The smallest absolute Gasteiger partial charge is 0.232 e. The molecule has 1 N–H and O–H groups in total. The Morgan fingerprint density at radius 2 is 1.79 bits per heavy atom. The van der Waals surface area contributed by atoms with Gasteiger partial charge >= 0.3 is 0 Å². The molecular weight excluding hydrogens is 304 g/mol. The first-order chi connectivity index (χ1) is 11.5. The normalized spacial score (nSPS) is 21.4. The van der Waals surface area contributed by atoms with Crippen molar-refractivity contribution in [3.8, 4) is 0 Å². The minimum atomic E-state index is -0.502. The minimum absolute atomic E-state index is 0.0878. The van der Waals surface area contributed by atoms with Crippen LogP contribution in [0, 0.1) is 5.41 Å². The first-order valence-electron chi connectivity index (χ1n) is 8.73. The summed E-state index contributed by atoms with van der Waals surface area (Å²) < 4.78 is 5.27. The fourth-order valence-corrected chi connectivity index (χ4v) is 3.58. The van der Waals surface area contributed by atoms with Gasteiger partial charge in [0.2, 0.25) is 5.91 Å². The van der Waals surface area contributed by atoms with Crippen LogP contribution >= 0.6 is 0 Å². The highest BCUT2D eigenvalue weighted by Gasteiger charge is 2.41. The molecule has 3 rings (SSSR count). The lowest BCUT2D eigenvalue weighted by Crippen LogP contribution is -2.58. The van der Waals surface area contributed by atoms with Gasteiger partial charge in [0.25, 0.3) is 0 Å². The third-order valence-electron chi connectivity index (χ3n) is 5.40. The van der Waals surface area contributed by atoms with Crippen LogP contribution < -0.4 is 0 Å². The Balaban J connectivity index is 1.57. The van der Waals surface area contributed by atoms with Crippen molar-refractivity contribution in [3.63, 3.8) is 0 Å². The van der Waals surface area contributed by atoms with Crippen molar-refractivity contribution < 1.29 is 14.6 Å². The fourth-order valence-electron chi connectivity index (χ4n) is 3.58. The van der Waals surface area contributed by atoms with Gasteiger partial charge in [0, 0.05) is 32.7 Å². The van der Waals surface area contributed by atoms with E-state index in [4.69, 9.17) is 4.74 Å². The van der Waals surface area contributed by atoms with E-state index in [1.54, 1.807) is 0 Å². The molecule has 1 amide bonds. The van der Waals surface area contributed by atoms with Crippen molar-refractivity contribution in [2.24, 2.45) is 5.41 Å². The van der Waals surface area contributed by atoms with Gasteiger partial charge in [-0.3, -0.25) is 9.69 Å². The van der Waals surface area contributed by atoms with Crippen LogP contribution in [-0.4, -0.2) is 73.4 Å². The molecule has 2 saturated heterocycles. The summed E-state index contributed by atoms with van der Waals surface area (Å²) in [5.41, 5.74) is 0.468. The molecule has 0 spiro atoms. The highest BCUT2D eigenvalue weighted by molar-refractivity contribution is 5.87. The van der Waals surface area contributed by atoms with Gasteiger partial charge < -0.3 is 14.7 Å². The Labute approximate surface area is 144 Å². The SMILES string of the molecule is CC(C)(C(=O)N1CCN(CC2(CO)COC2)CC1)c1ccccc1. The Bertz CT molecular complexity index is 556. The average Bonchev–Trinajstić information content (AvgIpc) is 2.59. The maximum Gasteiger partial charge on any atom is 0.232 e. The second kappa shape index (κ2) is 6.82. The summed E-state index contributed by atoms with van der Waals surface area (Å²) in [4.78, 5) is 17.3. The van der Waals surface area contributed by atoms with Gasteiger partial charge in [-0.05, 0) is 19.4 Å². The van der Waals surface area contributed by atoms with Gasteiger partial charge in [-0.1, -0.05) is 30.3 Å². The third kappa shape index (κ3) is 3.34.